The number of hydrogen-bond acceptors (Lipinski definition) is 5. The molecule has 2 unspecified atom stereocenters. The molecule has 1 N–H and O–H groups in total. The number of rotatable bonds is 4. The molecule has 1 fully saturated rings. The highest BCUT2D eigenvalue weighted by molar-refractivity contribution is 7.05. The molecule has 2 heterocycles. The molecule has 0 amide bonds. The first-order chi connectivity index (χ1) is 8.80. The van der Waals surface area contributed by atoms with Crippen LogP contribution in [0.25, 0.3) is 0 Å². The quantitative estimate of drug-likeness (QED) is 0.923. The van der Waals surface area contributed by atoms with E-state index in [9.17, 15) is 0 Å². The van der Waals surface area contributed by atoms with Crippen LogP contribution < -0.4 is 5.32 Å². The molecule has 2 atom stereocenters. The Hall–Kier alpha value is -0.520. The van der Waals surface area contributed by atoms with E-state index in [2.05, 4.69) is 49.5 Å². The summed E-state index contributed by atoms with van der Waals surface area (Å²) in [7, 11) is 2.02. The van der Waals surface area contributed by atoms with Crippen molar-refractivity contribution in [2.45, 2.75) is 64.7 Å². The summed E-state index contributed by atoms with van der Waals surface area (Å²) >= 11 is 1.52. The molecule has 1 saturated heterocycles. The lowest BCUT2D eigenvalue weighted by molar-refractivity contribution is -0.0775. The topological polar surface area (TPSA) is 47.0 Å². The monoisotopic (exact) mass is 283 g/mol. The van der Waals surface area contributed by atoms with Gasteiger partial charge in [-0.05, 0) is 59.1 Å². The van der Waals surface area contributed by atoms with Gasteiger partial charge in [-0.2, -0.15) is 0 Å². The van der Waals surface area contributed by atoms with Crippen molar-refractivity contribution < 1.29 is 4.74 Å². The highest BCUT2D eigenvalue weighted by atomic mass is 32.1. The summed E-state index contributed by atoms with van der Waals surface area (Å²) in [4.78, 5) is 1.27. The fraction of sp³-hybridized carbons (Fsp3) is 0.857. The first kappa shape index (κ1) is 14.9. The zero-order chi connectivity index (χ0) is 14.3. The SMILES string of the molecule is CCc1nnsc1C(NC)C1CC(C)(C)OC1(C)C. The fourth-order valence-electron chi connectivity index (χ4n) is 3.34. The predicted molar refractivity (Wildman–Crippen MR) is 78.4 cm³/mol. The standard InChI is InChI=1S/C14H25N3OS/c1-7-10-12(19-17-16-10)11(15-6)9-8-13(2,3)18-14(9,4)5/h9,11,15H,7-8H2,1-6H3. The van der Waals surface area contributed by atoms with Gasteiger partial charge >= 0.3 is 0 Å². The van der Waals surface area contributed by atoms with Crippen molar-refractivity contribution in [3.05, 3.63) is 10.6 Å². The van der Waals surface area contributed by atoms with Crippen molar-refractivity contribution in [3.63, 3.8) is 0 Å². The summed E-state index contributed by atoms with van der Waals surface area (Å²) in [5.74, 6) is 0.431. The van der Waals surface area contributed by atoms with Crippen molar-refractivity contribution in [3.8, 4) is 0 Å². The second-order valence-electron chi connectivity index (χ2n) is 6.48. The van der Waals surface area contributed by atoms with Crippen LogP contribution in [0.5, 0.6) is 0 Å². The number of aromatic nitrogens is 2. The Morgan fingerprint density at radius 2 is 2.11 bits per heavy atom. The van der Waals surface area contributed by atoms with E-state index in [1.165, 1.54) is 16.4 Å². The first-order valence-electron chi connectivity index (χ1n) is 6.99. The van der Waals surface area contributed by atoms with Crippen molar-refractivity contribution in [2.24, 2.45) is 5.92 Å². The van der Waals surface area contributed by atoms with Gasteiger partial charge in [-0.25, -0.2) is 0 Å². The Morgan fingerprint density at radius 3 is 2.58 bits per heavy atom. The average molecular weight is 283 g/mol. The van der Waals surface area contributed by atoms with E-state index in [0.29, 0.717) is 5.92 Å². The Balaban J connectivity index is 2.33. The summed E-state index contributed by atoms with van der Waals surface area (Å²) in [5, 5.41) is 7.71. The molecule has 0 saturated carbocycles. The van der Waals surface area contributed by atoms with Gasteiger partial charge in [0.15, 0.2) is 0 Å². The van der Waals surface area contributed by atoms with Crippen molar-refractivity contribution in [1.29, 1.82) is 0 Å². The number of aryl methyl sites for hydroxylation is 1. The molecule has 0 spiro atoms. The summed E-state index contributed by atoms with van der Waals surface area (Å²) in [6.07, 6.45) is 1.98. The molecule has 4 nitrogen and oxygen atoms in total. The van der Waals surface area contributed by atoms with Crippen LogP contribution in [0.4, 0.5) is 0 Å². The van der Waals surface area contributed by atoms with E-state index < -0.39 is 0 Å². The molecule has 1 aliphatic rings. The Bertz CT molecular complexity index is 442. The van der Waals surface area contributed by atoms with E-state index in [-0.39, 0.29) is 17.2 Å². The lowest BCUT2D eigenvalue weighted by Crippen LogP contribution is -2.37. The van der Waals surface area contributed by atoms with Gasteiger partial charge in [-0.3, -0.25) is 0 Å². The fourth-order valence-corrected chi connectivity index (χ4v) is 4.25. The molecule has 19 heavy (non-hydrogen) atoms. The predicted octanol–water partition coefficient (Wildman–Crippen LogP) is 2.95. The van der Waals surface area contributed by atoms with E-state index in [4.69, 9.17) is 4.74 Å². The smallest absolute Gasteiger partial charge is 0.0801 e. The van der Waals surface area contributed by atoms with E-state index >= 15 is 0 Å². The third-order valence-electron chi connectivity index (χ3n) is 4.06. The molecule has 0 radical (unpaired) electrons. The second kappa shape index (κ2) is 5.11. The van der Waals surface area contributed by atoms with E-state index in [1.807, 2.05) is 7.05 Å². The number of hydrogen-bond donors (Lipinski definition) is 1. The molecule has 2 rings (SSSR count). The third-order valence-corrected chi connectivity index (χ3v) is 4.91. The van der Waals surface area contributed by atoms with Crippen molar-refractivity contribution in [2.75, 3.05) is 7.05 Å². The molecular weight excluding hydrogens is 258 g/mol. The molecule has 1 aromatic heterocycles. The Labute approximate surface area is 120 Å². The summed E-state index contributed by atoms with van der Waals surface area (Å²) < 4.78 is 10.4. The normalized spacial score (nSPS) is 26.5. The third kappa shape index (κ3) is 2.83. The van der Waals surface area contributed by atoms with Gasteiger partial charge in [0.2, 0.25) is 0 Å². The Morgan fingerprint density at radius 1 is 1.42 bits per heavy atom. The maximum absolute atomic E-state index is 6.23. The largest absolute Gasteiger partial charge is 0.369 e. The van der Waals surface area contributed by atoms with Gasteiger partial charge < -0.3 is 10.1 Å². The summed E-state index contributed by atoms with van der Waals surface area (Å²) in [5.41, 5.74) is 0.921. The molecule has 0 aromatic carbocycles. The minimum atomic E-state index is -0.133. The first-order valence-corrected chi connectivity index (χ1v) is 7.76. The molecule has 1 aliphatic heterocycles. The summed E-state index contributed by atoms with van der Waals surface area (Å²) in [6.45, 7) is 10.9. The van der Waals surface area contributed by atoms with Gasteiger partial charge in [0.05, 0.1) is 27.8 Å². The highest BCUT2D eigenvalue weighted by Crippen LogP contribution is 2.48. The minimum absolute atomic E-state index is 0.0617. The lowest BCUT2D eigenvalue weighted by atomic mass is 9.80. The van der Waals surface area contributed by atoms with Gasteiger partial charge in [-0.1, -0.05) is 11.4 Å². The maximum atomic E-state index is 6.23. The van der Waals surface area contributed by atoms with Crippen LogP contribution in [0.1, 0.15) is 57.7 Å². The van der Waals surface area contributed by atoms with Gasteiger partial charge in [0.1, 0.15) is 0 Å². The molecule has 108 valence electrons. The zero-order valence-electron chi connectivity index (χ0n) is 12.8. The molecule has 1 aromatic rings. The number of ether oxygens (including phenoxy) is 1. The van der Waals surface area contributed by atoms with Crippen LogP contribution in [0.15, 0.2) is 0 Å². The van der Waals surface area contributed by atoms with Crippen LogP contribution in [0, 0.1) is 5.92 Å². The van der Waals surface area contributed by atoms with Crippen molar-refractivity contribution >= 4 is 11.5 Å². The Kier molecular flexibility index (Phi) is 4.00. The minimum Gasteiger partial charge on any atom is -0.369 e. The van der Waals surface area contributed by atoms with Crippen LogP contribution in [0.3, 0.4) is 0 Å². The van der Waals surface area contributed by atoms with Gasteiger partial charge in [0.25, 0.3) is 0 Å². The number of nitrogens with zero attached hydrogens (tertiary/aromatic N) is 2. The molecule has 0 bridgehead atoms. The highest BCUT2D eigenvalue weighted by Gasteiger charge is 2.49. The lowest BCUT2D eigenvalue weighted by Gasteiger charge is -2.32. The van der Waals surface area contributed by atoms with E-state index in [0.717, 1.165) is 18.5 Å². The number of nitrogens with one attached hydrogen (secondary N) is 1. The molecular formula is C14H25N3OS. The summed E-state index contributed by atoms with van der Waals surface area (Å²) in [6, 6.07) is 0.270. The second-order valence-corrected chi connectivity index (χ2v) is 7.27. The van der Waals surface area contributed by atoms with Crippen LogP contribution in [-0.4, -0.2) is 27.8 Å². The maximum Gasteiger partial charge on any atom is 0.0801 e. The van der Waals surface area contributed by atoms with Gasteiger partial charge in [0, 0.05) is 5.92 Å². The molecule has 0 aliphatic carbocycles. The molecule has 5 heteroatoms. The average Bonchev–Trinajstić information content (AvgIpc) is 2.82. The van der Waals surface area contributed by atoms with Crippen molar-refractivity contribution in [1.82, 2.24) is 14.9 Å². The van der Waals surface area contributed by atoms with Crippen LogP contribution in [-0.2, 0) is 11.2 Å². The van der Waals surface area contributed by atoms with Crippen LogP contribution >= 0.6 is 11.5 Å². The van der Waals surface area contributed by atoms with Crippen LogP contribution in [0.2, 0.25) is 0 Å². The zero-order valence-corrected chi connectivity index (χ0v) is 13.6. The van der Waals surface area contributed by atoms with E-state index in [1.54, 1.807) is 0 Å². The van der Waals surface area contributed by atoms with Gasteiger partial charge in [-0.15, -0.1) is 5.10 Å².